The molecule has 1 aliphatic carbocycles. The SMILES string of the molecule is CN=C(NCCCOCC1CC1)NCc1ccccc1. The highest BCUT2D eigenvalue weighted by atomic mass is 16.5. The number of hydrogen-bond acceptors (Lipinski definition) is 2. The fraction of sp³-hybridized carbons (Fsp3) is 0.562. The summed E-state index contributed by atoms with van der Waals surface area (Å²) < 4.78 is 5.60. The van der Waals surface area contributed by atoms with Crippen molar-refractivity contribution in [3.63, 3.8) is 0 Å². The molecule has 0 spiro atoms. The van der Waals surface area contributed by atoms with E-state index in [9.17, 15) is 0 Å². The first kappa shape index (κ1) is 14.9. The molecule has 0 amide bonds. The third-order valence-corrected chi connectivity index (χ3v) is 3.33. The van der Waals surface area contributed by atoms with Crippen molar-refractivity contribution in [3.05, 3.63) is 35.9 Å². The summed E-state index contributed by atoms with van der Waals surface area (Å²) in [4.78, 5) is 4.21. The van der Waals surface area contributed by atoms with Gasteiger partial charge in [0.05, 0.1) is 0 Å². The first-order valence-corrected chi connectivity index (χ1v) is 7.44. The van der Waals surface area contributed by atoms with E-state index in [1.54, 1.807) is 7.05 Å². The molecule has 1 aromatic rings. The van der Waals surface area contributed by atoms with Crippen LogP contribution in [0.5, 0.6) is 0 Å². The van der Waals surface area contributed by atoms with Gasteiger partial charge in [-0.15, -0.1) is 0 Å². The number of aliphatic imine (C=N–C) groups is 1. The molecule has 0 bridgehead atoms. The molecular weight excluding hydrogens is 250 g/mol. The van der Waals surface area contributed by atoms with Gasteiger partial charge in [0.15, 0.2) is 5.96 Å². The van der Waals surface area contributed by atoms with Gasteiger partial charge in [0.2, 0.25) is 0 Å². The quantitative estimate of drug-likeness (QED) is 0.434. The maximum absolute atomic E-state index is 5.60. The van der Waals surface area contributed by atoms with Crippen LogP contribution in [0.3, 0.4) is 0 Å². The fourth-order valence-electron chi connectivity index (χ4n) is 1.92. The van der Waals surface area contributed by atoms with Crippen molar-refractivity contribution in [1.29, 1.82) is 0 Å². The lowest BCUT2D eigenvalue weighted by Crippen LogP contribution is -2.37. The molecule has 0 unspecified atom stereocenters. The maximum Gasteiger partial charge on any atom is 0.191 e. The second-order valence-electron chi connectivity index (χ2n) is 5.21. The van der Waals surface area contributed by atoms with Crippen molar-refractivity contribution in [3.8, 4) is 0 Å². The van der Waals surface area contributed by atoms with Crippen molar-refractivity contribution in [1.82, 2.24) is 10.6 Å². The maximum atomic E-state index is 5.60. The summed E-state index contributed by atoms with van der Waals surface area (Å²) >= 11 is 0. The molecule has 0 aliphatic heterocycles. The molecule has 2 N–H and O–H groups in total. The minimum absolute atomic E-state index is 0.790. The molecule has 0 saturated heterocycles. The highest BCUT2D eigenvalue weighted by Gasteiger charge is 2.20. The van der Waals surface area contributed by atoms with Crippen molar-refractivity contribution in [2.75, 3.05) is 26.8 Å². The third kappa shape index (κ3) is 6.06. The fourth-order valence-corrected chi connectivity index (χ4v) is 1.92. The van der Waals surface area contributed by atoms with Gasteiger partial charge in [0.25, 0.3) is 0 Å². The van der Waals surface area contributed by atoms with Crippen LogP contribution in [-0.4, -0.2) is 32.8 Å². The molecule has 1 aromatic carbocycles. The second kappa shape index (κ2) is 8.59. The Hall–Kier alpha value is -1.55. The third-order valence-electron chi connectivity index (χ3n) is 3.33. The van der Waals surface area contributed by atoms with Gasteiger partial charge < -0.3 is 15.4 Å². The van der Waals surface area contributed by atoms with Gasteiger partial charge in [-0.3, -0.25) is 4.99 Å². The van der Waals surface area contributed by atoms with E-state index < -0.39 is 0 Å². The zero-order chi connectivity index (χ0) is 14.0. The van der Waals surface area contributed by atoms with Crippen LogP contribution in [0, 0.1) is 5.92 Å². The number of hydrogen-bond donors (Lipinski definition) is 2. The minimum Gasteiger partial charge on any atom is -0.381 e. The van der Waals surface area contributed by atoms with E-state index in [0.717, 1.165) is 44.6 Å². The molecule has 2 rings (SSSR count). The summed E-state index contributed by atoms with van der Waals surface area (Å²) in [6.07, 6.45) is 3.72. The summed E-state index contributed by atoms with van der Waals surface area (Å²) in [7, 11) is 1.80. The first-order valence-electron chi connectivity index (χ1n) is 7.44. The molecule has 1 aliphatic rings. The summed E-state index contributed by atoms with van der Waals surface area (Å²) in [5.41, 5.74) is 1.25. The monoisotopic (exact) mass is 275 g/mol. The zero-order valence-corrected chi connectivity index (χ0v) is 12.3. The number of rotatable bonds is 8. The van der Waals surface area contributed by atoms with E-state index in [0.29, 0.717) is 0 Å². The van der Waals surface area contributed by atoms with Gasteiger partial charge in [0.1, 0.15) is 0 Å². The van der Waals surface area contributed by atoms with E-state index in [4.69, 9.17) is 4.74 Å². The topological polar surface area (TPSA) is 45.7 Å². The van der Waals surface area contributed by atoms with Crippen molar-refractivity contribution >= 4 is 5.96 Å². The standard InChI is InChI=1S/C16H25N3O/c1-17-16(19-12-14-6-3-2-4-7-14)18-10-5-11-20-13-15-8-9-15/h2-4,6-7,15H,5,8-13H2,1H3,(H2,17,18,19). The Morgan fingerprint density at radius 2 is 2.05 bits per heavy atom. The molecule has 0 atom stereocenters. The molecule has 0 heterocycles. The van der Waals surface area contributed by atoms with Crippen LogP contribution >= 0.6 is 0 Å². The van der Waals surface area contributed by atoms with Gasteiger partial charge in [-0.05, 0) is 30.7 Å². The first-order chi connectivity index (χ1) is 9.88. The number of nitrogens with zero attached hydrogens (tertiary/aromatic N) is 1. The summed E-state index contributed by atoms with van der Waals surface area (Å²) in [5.74, 6) is 1.69. The highest BCUT2D eigenvalue weighted by Crippen LogP contribution is 2.28. The number of guanidine groups is 1. The molecule has 20 heavy (non-hydrogen) atoms. The number of ether oxygens (including phenoxy) is 1. The Morgan fingerprint density at radius 1 is 1.25 bits per heavy atom. The molecule has 4 heteroatoms. The van der Waals surface area contributed by atoms with E-state index >= 15 is 0 Å². The summed E-state index contributed by atoms with van der Waals surface area (Å²) in [6, 6.07) is 10.3. The lowest BCUT2D eigenvalue weighted by atomic mass is 10.2. The van der Waals surface area contributed by atoms with Crippen LogP contribution in [0.2, 0.25) is 0 Å². The Bertz CT molecular complexity index is 401. The van der Waals surface area contributed by atoms with Gasteiger partial charge >= 0.3 is 0 Å². The lowest BCUT2D eigenvalue weighted by molar-refractivity contribution is 0.123. The highest BCUT2D eigenvalue weighted by molar-refractivity contribution is 5.79. The van der Waals surface area contributed by atoms with E-state index in [1.807, 2.05) is 18.2 Å². The predicted octanol–water partition coefficient (Wildman–Crippen LogP) is 2.17. The summed E-state index contributed by atoms with van der Waals surface area (Å²) in [5, 5.41) is 6.61. The molecule has 110 valence electrons. The van der Waals surface area contributed by atoms with Crippen LogP contribution in [0.15, 0.2) is 35.3 Å². The molecule has 1 fully saturated rings. The Morgan fingerprint density at radius 3 is 2.75 bits per heavy atom. The van der Waals surface area contributed by atoms with Crippen LogP contribution in [0.1, 0.15) is 24.8 Å². The summed E-state index contributed by atoms with van der Waals surface area (Å²) in [6.45, 7) is 3.46. The van der Waals surface area contributed by atoms with Gasteiger partial charge in [-0.1, -0.05) is 30.3 Å². The Balaban J connectivity index is 1.53. The normalized spacial score (nSPS) is 15.2. The van der Waals surface area contributed by atoms with E-state index in [-0.39, 0.29) is 0 Å². The van der Waals surface area contributed by atoms with Gasteiger partial charge in [-0.25, -0.2) is 0 Å². The predicted molar refractivity (Wildman–Crippen MR) is 82.8 cm³/mol. The van der Waals surface area contributed by atoms with Crippen molar-refractivity contribution in [2.24, 2.45) is 10.9 Å². The molecular formula is C16H25N3O. The van der Waals surface area contributed by atoms with Crippen molar-refractivity contribution < 1.29 is 4.74 Å². The van der Waals surface area contributed by atoms with E-state index in [2.05, 4.69) is 27.8 Å². The van der Waals surface area contributed by atoms with Crippen molar-refractivity contribution in [2.45, 2.75) is 25.8 Å². The lowest BCUT2D eigenvalue weighted by Gasteiger charge is -2.12. The van der Waals surface area contributed by atoms with Crippen LogP contribution in [0.4, 0.5) is 0 Å². The molecule has 4 nitrogen and oxygen atoms in total. The minimum atomic E-state index is 0.790. The van der Waals surface area contributed by atoms with Crippen LogP contribution < -0.4 is 10.6 Å². The smallest absolute Gasteiger partial charge is 0.191 e. The van der Waals surface area contributed by atoms with E-state index in [1.165, 1.54) is 18.4 Å². The molecule has 0 radical (unpaired) electrons. The molecule has 0 aromatic heterocycles. The largest absolute Gasteiger partial charge is 0.381 e. The zero-order valence-electron chi connectivity index (χ0n) is 12.3. The molecule has 1 saturated carbocycles. The Labute approximate surface area is 121 Å². The van der Waals surface area contributed by atoms with Crippen LogP contribution in [-0.2, 0) is 11.3 Å². The van der Waals surface area contributed by atoms with Crippen LogP contribution in [0.25, 0.3) is 0 Å². The number of nitrogens with one attached hydrogen (secondary N) is 2. The van der Waals surface area contributed by atoms with Gasteiger partial charge in [-0.2, -0.15) is 0 Å². The van der Waals surface area contributed by atoms with Gasteiger partial charge in [0, 0.05) is 33.4 Å². The average molecular weight is 275 g/mol. The Kier molecular flexibility index (Phi) is 6.38. The second-order valence-corrected chi connectivity index (χ2v) is 5.21. The number of benzene rings is 1. The average Bonchev–Trinajstić information content (AvgIpc) is 3.31.